The van der Waals surface area contributed by atoms with Gasteiger partial charge >= 0.3 is 0 Å². The standard InChI is InChI=1S/C18H23NO/c1-12(2)20-17-9-7-15(8-10-17)18(19)16-6-5-13(3)14(4)11-16/h5-12,18H,19H2,1-4H3. The molecule has 0 spiro atoms. The fraction of sp³-hybridized carbons (Fsp3) is 0.333. The highest BCUT2D eigenvalue weighted by Gasteiger charge is 2.10. The number of aryl methyl sites for hydroxylation is 2. The smallest absolute Gasteiger partial charge is 0.119 e. The fourth-order valence-corrected chi connectivity index (χ4v) is 2.18. The molecule has 0 bridgehead atoms. The zero-order chi connectivity index (χ0) is 14.7. The van der Waals surface area contributed by atoms with E-state index in [1.165, 1.54) is 11.1 Å². The van der Waals surface area contributed by atoms with E-state index in [0.29, 0.717) is 0 Å². The van der Waals surface area contributed by atoms with Crippen LogP contribution < -0.4 is 10.5 Å². The lowest BCUT2D eigenvalue weighted by Gasteiger charge is -2.15. The quantitative estimate of drug-likeness (QED) is 0.905. The molecule has 2 rings (SSSR count). The molecule has 0 aliphatic carbocycles. The van der Waals surface area contributed by atoms with Gasteiger partial charge in [0.25, 0.3) is 0 Å². The molecule has 2 aromatic rings. The molecule has 1 atom stereocenters. The third kappa shape index (κ3) is 3.40. The zero-order valence-electron chi connectivity index (χ0n) is 12.7. The Morgan fingerprint density at radius 3 is 2.00 bits per heavy atom. The number of hydrogen-bond donors (Lipinski definition) is 1. The van der Waals surface area contributed by atoms with E-state index >= 15 is 0 Å². The molecule has 0 aliphatic heterocycles. The maximum absolute atomic E-state index is 6.35. The lowest BCUT2D eigenvalue weighted by Crippen LogP contribution is -2.12. The highest BCUT2D eigenvalue weighted by atomic mass is 16.5. The number of rotatable bonds is 4. The van der Waals surface area contributed by atoms with Crippen LogP contribution in [0.5, 0.6) is 5.75 Å². The summed E-state index contributed by atoms with van der Waals surface area (Å²) in [4.78, 5) is 0. The molecule has 0 aliphatic rings. The van der Waals surface area contributed by atoms with Gasteiger partial charge < -0.3 is 10.5 Å². The summed E-state index contributed by atoms with van der Waals surface area (Å²) in [6.07, 6.45) is 0.189. The van der Waals surface area contributed by atoms with Gasteiger partial charge in [-0.05, 0) is 62.1 Å². The van der Waals surface area contributed by atoms with E-state index in [4.69, 9.17) is 10.5 Å². The van der Waals surface area contributed by atoms with Gasteiger partial charge in [0.15, 0.2) is 0 Å². The molecule has 0 radical (unpaired) electrons. The van der Waals surface area contributed by atoms with Crippen LogP contribution in [-0.2, 0) is 0 Å². The van der Waals surface area contributed by atoms with Gasteiger partial charge in [-0.25, -0.2) is 0 Å². The number of hydrogen-bond acceptors (Lipinski definition) is 2. The minimum absolute atomic E-state index is 0.0950. The van der Waals surface area contributed by atoms with Gasteiger partial charge in [-0.1, -0.05) is 30.3 Å². The average Bonchev–Trinajstić information content (AvgIpc) is 2.41. The van der Waals surface area contributed by atoms with Crippen LogP contribution in [0.25, 0.3) is 0 Å². The molecule has 1 unspecified atom stereocenters. The molecule has 2 N–H and O–H groups in total. The van der Waals surface area contributed by atoms with Crippen molar-refractivity contribution in [1.82, 2.24) is 0 Å². The van der Waals surface area contributed by atoms with Crippen LogP contribution in [0.3, 0.4) is 0 Å². The fourth-order valence-electron chi connectivity index (χ4n) is 2.18. The topological polar surface area (TPSA) is 35.2 Å². The van der Waals surface area contributed by atoms with Crippen molar-refractivity contribution < 1.29 is 4.74 Å². The van der Waals surface area contributed by atoms with Gasteiger partial charge in [0.1, 0.15) is 5.75 Å². The normalized spacial score (nSPS) is 12.5. The van der Waals surface area contributed by atoms with E-state index in [2.05, 4.69) is 32.0 Å². The molecule has 0 heterocycles. The van der Waals surface area contributed by atoms with E-state index in [1.54, 1.807) is 0 Å². The minimum Gasteiger partial charge on any atom is -0.491 e. The first-order chi connectivity index (χ1) is 9.47. The molecule has 0 saturated carbocycles. The Bertz CT molecular complexity index is 572. The lowest BCUT2D eigenvalue weighted by molar-refractivity contribution is 0.242. The number of benzene rings is 2. The molecule has 0 aromatic heterocycles. The lowest BCUT2D eigenvalue weighted by atomic mass is 9.96. The van der Waals surface area contributed by atoms with E-state index < -0.39 is 0 Å². The van der Waals surface area contributed by atoms with E-state index in [1.807, 2.05) is 38.1 Å². The van der Waals surface area contributed by atoms with Crippen molar-refractivity contribution in [3.8, 4) is 5.75 Å². The summed E-state index contributed by atoms with van der Waals surface area (Å²) in [5.74, 6) is 0.885. The van der Waals surface area contributed by atoms with Crippen molar-refractivity contribution in [2.75, 3.05) is 0 Å². The molecule has 0 amide bonds. The summed E-state index contributed by atoms with van der Waals surface area (Å²) in [6.45, 7) is 8.28. The van der Waals surface area contributed by atoms with Crippen molar-refractivity contribution in [3.63, 3.8) is 0 Å². The Balaban J connectivity index is 2.20. The second-order valence-corrected chi connectivity index (χ2v) is 5.56. The van der Waals surface area contributed by atoms with Gasteiger partial charge in [0.2, 0.25) is 0 Å². The molecule has 2 aromatic carbocycles. The molecule has 20 heavy (non-hydrogen) atoms. The SMILES string of the molecule is Cc1ccc(C(N)c2ccc(OC(C)C)cc2)cc1C. The first kappa shape index (κ1) is 14.6. The zero-order valence-corrected chi connectivity index (χ0v) is 12.7. The molecule has 2 heteroatoms. The maximum Gasteiger partial charge on any atom is 0.119 e. The van der Waals surface area contributed by atoms with Crippen LogP contribution in [0.15, 0.2) is 42.5 Å². The van der Waals surface area contributed by atoms with E-state index in [0.717, 1.165) is 16.9 Å². The number of ether oxygens (including phenoxy) is 1. The second kappa shape index (κ2) is 6.10. The van der Waals surface area contributed by atoms with Gasteiger partial charge in [0, 0.05) is 0 Å². The average molecular weight is 269 g/mol. The Kier molecular flexibility index (Phi) is 4.46. The minimum atomic E-state index is -0.0950. The van der Waals surface area contributed by atoms with Crippen LogP contribution in [0.4, 0.5) is 0 Å². The summed E-state index contributed by atoms with van der Waals surface area (Å²) in [7, 11) is 0. The summed E-state index contributed by atoms with van der Waals surface area (Å²) in [5, 5.41) is 0. The predicted molar refractivity (Wildman–Crippen MR) is 84.2 cm³/mol. The highest BCUT2D eigenvalue weighted by Crippen LogP contribution is 2.24. The molecular formula is C18H23NO. The van der Waals surface area contributed by atoms with E-state index in [-0.39, 0.29) is 12.1 Å². The van der Waals surface area contributed by atoms with Crippen molar-refractivity contribution in [2.24, 2.45) is 5.73 Å². The first-order valence-corrected chi connectivity index (χ1v) is 7.06. The van der Waals surface area contributed by atoms with Crippen LogP contribution in [0.2, 0.25) is 0 Å². The first-order valence-electron chi connectivity index (χ1n) is 7.06. The van der Waals surface area contributed by atoms with Crippen molar-refractivity contribution in [2.45, 2.75) is 39.8 Å². The summed E-state index contributed by atoms with van der Waals surface area (Å²) in [6, 6.07) is 14.3. The van der Waals surface area contributed by atoms with Crippen molar-refractivity contribution in [1.29, 1.82) is 0 Å². The summed E-state index contributed by atoms with van der Waals surface area (Å²) < 4.78 is 5.65. The Labute approximate surface area is 121 Å². The van der Waals surface area contributed by atoms with Crippen molar-refractivity contribution in [3.05, 3.63) is 64.7 Å². The van der Waals surface area contributed by atoms with Crippen LogP contribution >= 0.6 is 0 Å². The maximum atomic E-state index is 6.35. The van der Waals surface area contributed by atoms with E-state index in [9.17, 15) is 0 Å². The predicted octanol–water partition coefficient (Wildman–Crippen LogP) is 4.14. The third-order valence-electron chi connectivity index (χ3n) is 3.50. The Hall–Kier alpha value is -1.80. The highest BCUT2D eigenvalue weighted by molar-refractivity contribution is 5.38. The molecule has 106 valence electrons. The Morgan fingerprint density at radius 2 is 1.45 bits per heavy atom. The second-order valence-electron chi connectivity index (χ2n) is 5.56. The van der Waals surface area contributed by atoms with Crippen LogP contribution in [-0.4, -0.2) is 6.10 Å². The van der Waals surface area contributed by atoms with Gasteiger partial charge in [0.05, 0.1) is 12.1 Å². The van der Waals surface area contributed by atoms with Gasteiger partial charge in [-0.3, -0.25) is 0 Å². The van der Waals surface area contributed by atoms with Gasteiger partial charge in [-0.15, -0.1) is 0 Å². The monoisotopic (exact) mass is 269 g/mol. The molecule has 0 saturated heterocycles. The molecule has 2 nitrogen and oxygen atoms in total. The molecule has 0 fully saturated rings. The van der Waals surface area contributed by atoms with Crippen LogP contribution in [0.1, 0.15) is 42.1 Å². The van der Waals surface area contributed by atoms with Crippen LogP contribution in [0, 0.1) is 13.8 Å². The van der Waals surface area contributed by atoms with Crippen molar-refractivity contribution >= 4 is 0 Å². The molecular weight excluding hydrogens is 246 g/mol. The summed E-state index contributed by atoms with van der Waals surface area (Å²) in [5.41, 5.74) is 11.2. The Morgan fingerprint density at radius 1 is 0.850 bits per heavy atom. The number of nitrogens with two attached hydrogens (primary N) is 1. The largest absolute Gasteiger partial charge is 0.491 e. The summed E-state index contributed by atoms with van der Waals surface area (Å²) >= 11 is 0. The third-order valence-corrected chi connectivity index (χ3v) is 3.50. The van der Waals surface area contributed by atoms with Gasteiger partial charge in [-0.2, -0.15) is 0 Å².